The largest absolute Gasteiger partial charge is 0.383 e. The van der Waals surface area contributed by atoms with Gasteiger partial charge in [0.15, 0.2) is 5.16 Å². The summed E-state index contributed by atoms with van der Waals surface area (Å²) in [5, 5.41) is 9.12. The first-order valence-corrected chi connectivity index (χ1v) is 12.4. The van der Waals surface area contributed by atoms with E-state index in [0.29, 0.717) is 31.3 Å². The molecule has 0 atom stereocenters. The van der Waals surface area contributed by atoms with Gasteiger partial charge in [0.05, 0.1) is 35.6 Å². The molecule has 4 rings (SSSR count). The molecule has 0 radical (unpaired) electrons. The summed E-state index contributed by atoms with van der Waals surface area (Å²) in [5.74, 6) is 0.211. The van der Waals surface area contributed by atoms with E-state index in [1.54, 1.807) is 7.11 Å². The molecule has 178 valence electrons. The zero-order chi connectivity index (χ0) is 24.1. The molecule has 0 fully saturated rings. The van der Waals surface area contributed by atoms with E-state index in [1.807, 2.05) is 54.9 Å². The van der Waals surface area contributed by atoms with Gasteiger partial charge >= 0.3 is 0 Å². The van der Waals surface area contributed by atoms with E-state index < -0.39 is 0 Å². The van der Waals surface area contributed by atoms with Gasteiger partial charge in [-0.3, -0.25) is 9.48 Å². The predicted molar refractivity (Wildman–Crippen MR) is 136 cm³/mol. The van der Waals surface area contributed by atoms with Crippen molar-refractivity contribution in [3.63, 3.8) is 0 Å². The number of hydrogen-bond donors (Lipinski definition) is 1. The minimum Gasteiger partial charge on any atom is -0.383 e. The van der Waals surface area contributed by atoms with Gasteiger partial charge in [-0.15, -0.1) is 0 Å². The minimum absolute atomic E-state index is 0.0528. The summed E-state index contributed by atoms with van der Waals surface area (Å²) in [6, 6.07) is 15.9. The lowest BCUT2D eigenvalue weighted by molar-refractivity contribution is -0.118. The third-order valence-electron chi connectivity index (χ3n) is 5.70. The van der Waals surface area contributed by atoms with Crippen molar-refractivity contribution < 1.29 is 9.53 Å². The molecule has 4 aromatic rings. The molecule has 34 heavy (non-hydrogen) atoms. The molecular weight excluding hydrogens is 470 g/mol. The van der Waals surface area contributed by atoms with Crippen LogP contribution in [0.2, 0.25) is 5.02 Å². The average molecular weight is 498 g/mol. The number of amides is 1. The van der Waals surface area contributed by atoms with Gasteiger partial charge in [0.2, 0.25) is 5.91 Å². The number of imidazole rings is 1. The van der Waals surface area contributed by atoms with Gasteiger partial charge in [0.1, 0.15) is 0 Å². The molecule has 2 heterocycles. The molecule has 0 unspecified atom stereocenters. The molecule has 1 amide bonds. The number of aromatic nitrogens is 4. The quantitative estimate of drug-likeness (QED) is 0.324. The second-order valence-corrected chi connectivity index (χ2v) is 9.41. The van der Waals surface area contributed by atoms with E-state index in [-0.39, 0.29) is 11.7 Å². The summed E-state index contributed by atoms with van der Waals surface area (Å²) in [5.41, 5.74) is 6.02. The first-order chi connectivity index (χ1) is 16.5. The number of carbonyl (C=O) groups excluding carboxylic acids is 1. The number of ether oxygens (including phenoxy) is 1. The molecule has 7 nitrogen and oxygen atoms in total. The molecule has 1 N–H and O–H groups in total. The molecule has 0 bridgehead atoms. The standard InChI is InChI=1S/C25H28ClN5O2S/c1-17-21(18(2)31(29-17)15-19-7-5-4-6-8-19)14-27-24(32)16-34-25-28-22-13-20(26)9-10-23(22)30(25)11-12-33-3/h4-10,13H,11-12,14-16H2,1-3H3,(H,27,32). The number of rotatable bonds is 10. The Balaban J connectivity index is 1.39. The fourth-order valence-corrected chi connectivity index (χ4v) is 4.89. The number of nitrogens with zero attached hydrogens (tertiary/aromatic N) is 4. The van der Waals surface area contributed by atoms with Gasteiger partial charge < -0.3 is 14.6 Å². The van der Waals surface area contributed by atoms with Crippen LogP contribution >= 0.6 is 23.4 Å². The van der Waals surface area contributed by atoms with Crippen LogP contribution in [0, 0.1) is 13.8 Å². The first kappa shape index (κ1) is 24.3. The van der Waals surface area contributed by atoms with Crippen LogP contribution in [0.5, 0.6) is 0 Å². The fraction of sp³-hybridized carbons (Fsp3) is 0.320. The highest BCUT2D eigenvalue weighted by Crippen LogP contribution is 2.26. The SMILES string of the molecule is COCCn1c(SCC(=O)NCc2c(C)nn(Cc3ccccc3)c2C)nc2cc(Cl)ccc21. The topological polar surface area (TPSA) is 74.0 Å². The predicted octanol–water partition coefficient (Wildman–Crippen LogP) is 4.61. The van der Waals surface area contributed by atoms with Crippen molar-refractivity contribution in [1.82, 2.24) is 24.6 Å². The van der Waals surface area contributed by atoms with Gasteiger partial charge in [-0.25, -0.2) is 4.98 Å². The molecule has 0 saturated carbocycles. The van der Waals surface area contributed by atoms with Gasteiger partial charge in [0, 0.05) is 36.5 Å². The number of halogens is 1. The number of hydrogen-bond acceptors (Lipinski definition) is 5. The number of methoxy groups -OCH3 is 1. The highest BCUT2D eigenvalue weighted by molar-refractivity contribution is 7.99. The summed E-state index contributed by atoms with van der Waals surface area (Å²) in [6.07, 6.45) is 0. The van der Waals surface area contributed by atoms with Crippen LogP contribution in [0.25, 0.3) is 11.0 Å². The van der Waals surface area contributed by atoms with E-state index in [0.717, 1.165) is 33.1 Å². The second kappa shape index (κ2) is 11.1. The first-order valence-electron chi connectivity index (χ1n) is 11.1. The Morgan fingerprint density at radius 2 is 1.97 bits per heavy atom. The highest BCUT2D eigenvalue weighted by Gasteiger charge is 2.16. The Bertz CT molecular complexity index is 1290. The lowest BCUT2D eigenvalue weighted by atomic mass is 10.2. The van der Waals surface area contributed by atoms with E-state index in [4.69, 9.17) is 16.3 Å². The third-order valence-corrected chi connectivity index (χ3v) is 6.91. The Morgan fingerprint density at radius 3 is 2.74 bits per heavy atom. The van der Waals surface area contributed by atoms with Gasteiger partial charge in [-0.2, -0.15) is 5.10 Å². The summed E-state index contributed by atoms with van der Waals surface area (Å²) >= 11 is 7.54. The van der Waals surface area contributed by atoms with Crippen LogP contribution in [-0.4, -0.2) is 44.7 Å². The molecule has 0 saturated heterocycles. The molecule has 0 aliphatic carbocycles. The maximum atomic E-state index is 12.7. The molecule has 2 aromatic heterocycles. The van der Waals surface area contributed by atoms with Crippen LogP contribution < -0.4 is 5.32 Å². The number of benzene rings is 2. The molecule has 2 aromatic carbocycles. The molecular formula is C25H28ClN5O2S. The van der Waals surface area contributed by atoms with Gasteiger partial charge in [-0.05, 0) is 37.6 Å². The normalized spacial score (nSPS) is 11.3. The maximum absolute atomic E-state index is 12.7. The van der Waals surface area contributed by atoms with Crippen molar-refractivity contribution >= 4 is 40.3 Å². The number of aryl methyl sites for hydroxylation is 1. The van der Waals surface area contributed by atoms with Crippen molar-refractivity contribution in [1.29, 1.82) is 0 Å². The van der Waals surface area contributed by atoms with Crippen LogP contribution in [0.4, 0.5) is 0 Å². The summed E-state index contributed by atoms with van der Waals surface area (Å²) < 4.78 is 9.30. The zero-order valence-corrected chi connectivity index (χ0v) is 21.1. The van der Waals surface area contributed by atoms with Gasteiger partial charge in [0.25, 0.3) is 0 Å². The van der Waals surface area contributed by atoms with Crippen LogP contribution in [-0.2, 0) is 29.2 Å². The minimum atomic E-state index is -0.0528. The van der Waals surface area contributed by atoms with Crippen LogP contribution in [0.1, 0.15) is 22.5 Å². The zero-order valence-electron chi connectivity index (χ0n) is 19.5. The summed E-state index contributed by atoms with van der Waals surface area (Å²) in [4.78, 5) is 17.3. The Hall–Kier alpha value is -2.81. The lowest BCUT2D eigenvalue weighted by Gasteiger charge is -2.09. The van der Waals surface area contributed by atoms with E-state index in [2.05, 4.69) is 32.1 Å². The van der Waals surface area contributed by atoms with Crippen molar-refractivity contribution in [2.24, 2.45) is 0 Å². The Kier molecular flexibility index (Phi) is 7.92. The van der Waals surface area contributed by atoms with Crippen LogP contribution in [0.3, 0.4) is 0 Å². The summed E-state index contributed by atoms with van der Waals surface area (Å²) in [6.45, 7) is 6.38. The van der Waals surface area contributed by atoms with Gasteiger partial charge in [-0.1, -0.05) is 53.7 Å². The van der Waals surface area contributed by atoms with E-state index in [9.17, 15) is 4.79 Å². The average Bonchev–Trinajstić information content (AvgIpc) is 3.30. The van der Waals surface area contributed by atoms with Crippen molar-refractivity contribution in [3.05, 3.63) is 76.1 Å². The Morgan fingerprint density at radius 1 is 1.18 bits per heavy atom. The second-order valence-electron chi connectivity index (χ2n) is 8.03. The lowest BCUT2D eigenvalue weighted by Crippen LogP contribution is -2.25. The van der Waals surface area contributed by atoms with Crippen molar-refractivity contribution in [3.8, 4) is 0 Å². The fourth-order valence-electron chi connectivity index (χ4n) is 3.86. The maximum Gasteiger partial charge on any atom is 0.230 e. The molecule has 0 aliphatic rings. The number of fused-ring (bicyclic) bond motifs is 1. The Labute approximate surface area is 208 Å². The van der Waals surface area contributed by atoms with E-state index in [1.165, 1.54) is 17.3 Å². The molecule has 0 aliphatic heterocycles. The number of thioether (sulfide) groups is 1. The number of nitrogens with one attached hydrogen (secondary N) is 1. The molecule has 0 spiro atoms. The van der Waals surface area contributed by atoms with E-state index >= 15 is 0 Å². The monoisotopic (exact) mass is 497 g/mol. The third kappa shape index (κ3) is 5.63. The van der Waals surface area contributed by atoms with Crippen molar-refractivity contribution in [2.75, 3.05) is 19.5 Å². The number of carbonyl (C=O) groups is 1. The smallest absolute Gasteiger partial charge is 0.230 e. The van der Waals surface area contributed by atoms with Crippen LogP contribution in [0.15, 0.2) is 53.7 Å². The highest BCUT2D eigenvalue weighted by atomic mass is 35.5. The van der Waals surface area contributed by atoms with Crippen molar-refractivity contribution in [2.45, 2.75) is 38.6 Å². The molecule has 9 heteroatoms. The summed E-state index contributed by atoms with van der Waals surface area (Å²) in [7, 11) is 1.67.